The third-order valence-electron chi connectivity index (χ3n) is 4.52. The molecule has 2 aromatic rings. The van der Waals surface area contributed by atoms with Crippen LogP contribution >= 0.6 is 0 Å². The Bertz CT molecular complexity index is 920. The molecule has 1 aliphatic rings. The summed E-state index contributed by atoms with van der Waals surface area (Å²) in [4.78, 5) is 38.3. The van der Waals surface area contributed by atoms with Crippen molar-refractivity contribution in [2.45, 2.75) is 19.4 Å². The van der Waals surface area contributed by atoms with Gasteiger partial charge in [-0.2, -0.15) is 0 Å². The molecule has 0 saturated heterocycles. The number of hydrogen-bond donors (Lipinski definition) is 2. The highest BCUT2D eigenvalue weighted by Crippen LogP contribution is 2.33. The van der Waals surface area contributed by atoms with Crippen molar-refractivity contribution in [1.82, 2.24) is 10.2 Å². The minimum Gasteiger partial charge on any atom is -0.355 e. The number of rotatable bonds is 4. The van der Waals surface area contributed by atoms with Gasteiger partial charge in [-0.1, -0.05) is 36.4 Å². The van der Waals surface area contributed by atoms with Gasteiger partial charge >= 0.3 is 0 Å². The molecule has 0 unspecified atom stereocenters. The van der Waals surface area contributed by atoms with Crippen LogP contribution in [-0.4, -0.2) is 29.7 Å². The lowest BCUT2D eigenvalue weighted by Crippen LogP contribution is -2.33. The van der Waals surface area contributed by atoms with Crippen molar-refractivity contribution in [3.8, 4) is 0 Å². The summed E-state index contributed by atoms with van der Waals surface area (Å²) < 4.78 is 0. The summed E-state index contributed by atoms with van der Waals surface area (Å²) in [6, 6.07) is 14.1. The fourth-order valence-electron chi connectivity index (χ4n) is 3.21. The Morgan fingerprint density at radius 2 is 1.74 bits per heavy atom. The van der Waals surface area contributed by atoms with E-state index in [1.54, 1.807) is 35.4 Å². The molecule has 0 radical (unpaired) electrons. The van der Waals surface area contributed by atoms with Gasteiger partial charge in [-0.05, 0) is 29.3 Å². The fourth-order valence-corrected chi connectivity index (χ4v) is 3.21. The number of para-hydroxylation sites is 1. The van der Waals surface area contributed by atoms with E-state index in [2.05, 4.69) is 10.6 Å². The molecule has 0 bridgehead atoms. The predicted octanol–water partition coefficient (Wildman–Crippen LogP) is 2.95. The summed E-state index contributed by atoms with van der Waals surface area (Å²) in [6.45, 7) is 1.48. The zero-order valence-corrected chi connectivity index (χ0v) is 15.2. The van der Waals surface area contributed by atoms with Gasteiger partial charge in [-0.15, -0.1) is 0 Å². The molecule has 138 valence electrons. The quantitative estimate of drug-likeness (QED) is 0.877. The Morgan fingerprint density at radius 3 is 2.48 bits per heavy atom. The van der Waals surface area contributed by atoms with E-state index < -0.39 is 6.04 Å². The standard InChI is InChI=1S/C21H21N3O3/c1-14(25)24-12-11-15-7-3-4-8-16(15)19(24)13-20(26)23-18-10-6-5-9-17(18)21(27)22-2/h3-12,19H,13H2,1-2H3,(H,22,27)(H,23,26)/t19-/m0/s1. The van der Waals surface area contributed by atoms with Gasteiger partial charge in [0.25, 0.3) is 5.91 Å². The molecular formula is C21H21N3O3. The lowest BCUT2D eigenvalue weighted by molar-refractivity contribution is -0.129. The van der Waals surface area contributed by atoms with Gasteiger partial charge < -0.3 is 15.5 Å². The summed E-state index contributed by atoms with van der Waals surface area (Å²) in [5.41, 5.74) is 2.74. The van der Waals surface area contributed by atoms with E-state index in [9.17, 15) is 14.4 Å². The normalized spacial score (nSPS) is 15.0. The van der Waals surface area contributed by atoms with Gasteiger partial charge in [0.05, 0.1) is 23.7 Å². The topological polar surface area (TPSA) is 78.5 Å². The number of nitrogens with one attached hydrogen (secondary N) is 2. The van der Waals surface area contributed by atoms with Crippen LogP contribution in [0.1, 0.15) is 40.9 Å². The van der Waals surface area contributed by atoms with Crippen molar-refractivity contribution in [3.05, 3.63) is 71.4 Å². The van der Waals surface area contributed by atoms with E-state index >= 15 is 0 Å². The summed E-state index contributed by atoms with van der Waals surface area (Å²) >= 11 is 0. The second kappa shape index (κ2) is 7.86. The van der Waals surface area contributed by atoms with E-state index in [0.717, 1.165) is 11.1 Å². The monoisotopic (exact) mass is 363 g/mol. The summed E-state index contributed by atoms with van der Waals surface area (Å²) in [5, 5.41) is 5.36. The summed E-state index contributed by atoms with van der Waals surface area (Å²) in [5.74, 6) is -0.681. The average Bonchev–Trinajstić information content (AvgIpc) is 2.67. The van der Waals surface area contributed by atoms with Crippen molar-refractivity contribution in [3.63, 3.8) is 0 Å². The largest absolute Gasteiger partial charge is 0.355 e. The summed E-state index contributed by atoms with van der Waals surface area (Å²) in [6.07, 6.45) is 3.66. The highest BCUT2D eigenvalue weighted by Gasteiger charge is 2.28. The molecule has 1 atom stereocenters. The number of nitrogens with zero attached hydrogens (tertiary/aromatic N) is 1. The first-order valence-corrected chi connectivity index (χ1v) is 8.68. The number of fused-ring (bicyclic) bond motifs is 1. The molecule has 0 aromatic heterocycles. The Kier molecular flexibility index (Phi) is 5.35. The molecule has 6 nitrogen and oxygen atoms in total. The van der Waals surface area contributed by atoms with Gasteiger partial charge in [0, 0.05) is 20.2 Å². The van der Waals surface area contributed by atoms with Crippen LogP contribution in [0, 0.1) is 0 Å². The lowest BCUT2D eigenvalue weighted by Gasteiger charge is -2.32. The SMILES string of the molecule is CNC(=O)c1ccccc1NC(=O)C[C@H]1c2ccccc2C=CN1C(C)=O. The van der Waals surface area contributed by atoms with Crippen LogP contribution in [0.5, 0.6) is 0 Å². The van der Waals surface area contributed by atoms with Crippen molar-refractivity contribution in [2.24, 2.45) is 0 Å². The first-order chi connectivity index (χ1) is 13.0. The van der Waals surface area contributed by atoms with Crippen molar-refractivity contribution >= 4 is 29.5 Å². The van der Waals surface area contributed by atoms with Crippen LogP contribution in [0.25, 0.3) is 6.08 Å². The van der Waals surface area contributed by atoms with Crippen LogP contribution in [0.15, 0.2) is 54.7 Å². The molecular weight excluding hydrogens is 342 g/mol. The number of amides is 3. The van der Waals surface area contributed by atoms with Crippen molar-refractivity contribution in [1.29, 1.82) is 0 Å². The number of hydrogen-bond acceptors (Lipinski definition) is 3. The Labute approximate surface area is 157 Å². The average molecular weight is 363 g/mol. The molecule has 1 aliphatic heterocycles. The molecule has 6 heteroatoms. The van der Waals surface area contributed by atoms with Crippen LogP contribution in [0.4, 0.5) is 5.69 Å². The smallest absolute Gasteiger partial charge is 0.253 e. The van der Waals surface area contributed by atoms with Crippen LogP contribution in [0.3, 0.4) is 0 Å². The lowest BCUT2D eigenvalue weighted by atomic mass is 9.93. The van der Waals surface area contributed by atoms with E-state index in [1.807, 2.05) is 30.3 Å². The van der Waals surface area contributed by atoms with Gasteiger partial charge in [0.2, 0.25) is 11.8 Å². The molecule has 3 amide bonds. The maximum Gasteiger partial charge on any atom is 0.253 e. The van der Waals surface area contributed by atoms with Crippen molar-refractivity contribution < 1.29 is 14.4 Å². The van der Waals surface area contributed by atoms with Gasteiger partial charge in [-0.25, -0.2) is 0 Å². The Morgan fingerprint density at radius 1 is 1.04 bits per heavy atom. The van der Waals surface area contributed by atoms with E-state index in [0.29, 0.717) is 11.3 Å². The maximum atomic E-state index is 12.7. The molecule has 27 heavy (non-hydrogen) atoms. The second-order valence-corrected chi connectivity index (χ2v) is 6.26. The van der Waals surface area contributed by atoms with E-state index in [4.69, 9.17) is 0 Å². The predicted molar refractivity (Wildman–Crippen MR) is 104 cm³/mol. The van der Waals surface area contributed by atoms with Crippen LogP contribution < -0.4 is 10.6 Å². The minimum absolute atomic E-state index is 0.0863. The fraction of sp³-hybridized carbons (Fsp3) is 0.190. The zero-order valence-electron chi connectivity index (χ0n) is 15.2. The molecule has 0 fully saturated rings. The minimum atomic E-state index is -0.393. The Hall–Kier alpha value is -3.41. The first-order valence-electron chi connectivity index (χ1n) is 8.68. The van der Waals surface area contributed by atoms with Gasteiger partial charge in [0.15, 0.2) is 0 Å². The maximum absolute atomic E-state index is 12.7. The molecule has 0 aliphatic carbocycles. The highest BCUT2D eigenvalue weighted by atomic mass is 16.2. The van der Waals surface area contributed by atoms with Crippen molar-refractivity contribution in [2.75, 3.05) is 12.4 Å². The second-order valence-electron chi connectivity index (χ2n) is 6.26. The van der Waals surface area contributed by atoms with E-state index in [1.165, 1.54) is 14.0 Å². The number of carbonyl (C=O) groups is 3. The zero-order chi connectivity index (χ0) is 19.4. The number of carbonyl (C=O) groups excluding carboxylic acids is 3. The third-order valence-corrected chi connectivity index (χ3v) is 4.52. The third kappa shape index (κ3) is 3.89. The van der Waals surface area contributed by atoms with Crippen LogP contribution in [-0.2, 0) is 9.59 Å². The molecule has 3 rings (SSSR count). The van der Waals surface area contributed by atoms with Gasteiger partial charge in [-0.3, -0.25) is 14.4 Å². The molecule has 2 aromatic carbocycles. The summed E-state index contributed by atoms with van der Waals surface area (Å²) in [7, 11) is 1.54. The van der Waals surface area contributed by atoms with Crippen LogP contribution in [0.2, 0.25) is 0 Å². The molecule has 0 spiro atoms. The number of benzene rings is 2. The van der Waals surface area contributed by atoms with Gasteiger partial charge in [0.1, 0.15) is 0 Å². The molecule has 0 saturated carbocycles. The van der Waals surface area contributed by atoms with E-state index in [-0.39, 0.29) is 24.1 Å². The Balaban J connectivity index is 1.84. The first kappa shape index (κ1) is 18.4. The molecule has 2 N–H and O–H groups in total. The number of anilines is 1. The highest BCUT2D eigenvalue weighted by molar-refractivity contribution is 6.03. The molecule has 1 heterocycles.